The fourth-order valence-electron chi connectivity index (χ4n) is 5.01. The number of ether oxygens (including phenoxy) is 8. The highest BCUT2D eigenvalue weighted by Crippen LogP contribution is 2.46. The summed E-state index contributed by atoms with van der Waals surface area (Å²) in [5.41, 5.74) is -1.37. The van der Waals surface area contributed by atoms with Crippen molar-refractivity contribution < 1.29 is 42.7 Å². The Balaban J connectivity index is 1.36. The van der Waals surface area contributed by atoms with Crippen molar-refractivity contribution in [2.45, 2.75) is 108 Å². The van der Waals surface area contributed by atoms with Crippen LogP contribution in [0.3, 0.4) is 0 Å². The first-order chi connectivity index (χ1) is 14.8. The standard InChI is InChI=1S/C21H30N2O9/c1-18(2)25-8-11(28-18)14-21(9-22,15-17(27-14)32-20(5,6)30-15)23-7-10-12(24)13-16(26-10)31-19(3,4)29-13/h10-11,13-17,23H,7-8H2,1-6H3/t10-,11?,13-,14-,15+,16-,17-,21-/m1/s1. The summed E-state index contributed by atoms with van der Waals surface area (Å²) in [4.78, 5) is 12.8. The SMILES string of the molecule is CC1(C)OCC([C@H]2O[C@@H]3OC(C)(C)O[C@@H]3[C@]2(C#N)NC[C@H]2O[C@@H]3OC(C)(C)O[C@@H]3C2=O)O1. The third-order valence-corrected chi connectivity index (χ3v) is 6.32. The van der Waals surface area contributed by atoms with Crippen molar-refractivity contribution in [3.8, 4) is 6.07 Å². The van der Waals surface area contributed by atoms with E-state index in [-0.39, 0.29) is 18.9 Å². The molecule has 8 atom stereocenters. The molecule has 5 aliphatic heterocycles. The van der Waals surface area contributed by atoms with E-state index in [1.165, 1.54) is 0 Å². The van der Waals surface area contributed by atoms with E-state index in [9.17, 15) is 10.1 Å². The molecule has 0 aromatic rings. The van der Waals surface area contributed by atoms with Gasteiger partial charge in [-0.3, -0.25) is 10.1 Å². The van der Waals surface area contributed by atoms with Crippen molar-refractivity contribution in [3.05, 3.63) is 0 Å². The first kappa shape index (κ1) is 22.6. The van der Waals surface area contributed by atoms with Gasteiger partial charge < -0.3 is 37.9 Å². The minimum absolute atomic E-state index is 0.0381. The van der Waals surface area contributed by atoms with Crippen molar-refractivity contribution >= 4 is 5.78 Å². The monoisotopic (exact) mass is 454 g/mol. The molecule has 11 heteroatoms. The zero-order valence-corrected chi connectivity index (χ0v) is 19.1. The molecule has 0 aromatic carbocycles. The highest BCUT2D eigenvalue weighted by atomic mass is 16.8. The third-order valence-electron chi connectivity index (χ3n) is 6.32. The summed E-state index contributed by atoms with van der Waals surface area (Å²) in [6.07, 6.45) is -5.24. The molecule has 5 rings (SSSR count). The lowest BCUT2D eigenvalue weighted by Crippen LogP contribution is -2.63. The molecule has 5 saturated heterocycles. The second-order valence-corrected chi connectivity index (χ2v) is 10.2. The van der Waals surface area contributed by atoms with Gasteiger partial charge in [-0.1, -0.05) is 0 Å². The number of ketones is 1. The summed E-state index contributed by atoms with van der Waals surface area (Å²) < 4.78 is 46.9. The van der Waals surface area contributed by atoms with Crippen molar-refractivity contribution in [2.75, 3.05) is 13.2 Å². The van der Waals surface area contributed by atoms with Crippen LogP contribution in [0.4, 0.5) is 0 Å². The number of hydrogen-bond donors (Lipinski definition) is 1. The van der Waals surface area contributed by atoms with Crippen LogP contribution in [0.15, 0.2) is 0 Å². The molecule has 1 N–H and O–H groups in total. The molecule has 32 heavy (non-hydrogen) atoms. The Morgan fingerprint density at radius 1 is 0.906 bits per heavy atom. The van der Waals surface area contributed by atoms with Crippen molar-refractivity contribution in [1.82, 2.24) is 5.32 Å². The second-order valence-electron chi connectivity index (χ2n) is 10.2. The Morgan fingerprint density at radius 2 is 1.59 bits per heavy atom. The number of nitrogens with one attached hydrogen (secondary N) is 1. The highest BCUT2D eigenvalue weighted by molar-refractivity contribution is 5.90. The van der Waals surface area contributed by atoms with Crippen LogP contribution in [0, 0.1) is 11.3 Å². The van der Waals surface area contributed by atoms with Crippen molar-refractivity contribution in [2.24, 2.45) is 0 Å². The maximum Gasteiger partial charge on any atom is 0.196 e. The Labute approximate surface area is 186 Å². The van der Waals surface area contributed by atoms with Gasteiger partial charge in [0.25, 0.3) is 0 Å². The van der Waals surface area contributed by atoms with Gasteiger partial charge in [-0.2, -0.15) is 5.26 Å². The number of carbonyl (C=O) groups excluding carboxylic acids is 1. The van der Waals surface area contributed by atoms with Gasteiger partial charge in [-0.25, -0.2) is 0 Å². The van der Waals surface area contributed by atoms with E-state index in [0.29, 0.717) is 0 Å². The summed E-state index contributed by atoms with van der Waals surface area (Å²) in [5.74, 6) is -2.86. The summed E-state index contributed by atoms with van der Waals surface area (Å²) in [6, 6.07) is 2.34. The zero-order valence-electron chi connectivity index (χ0n) is 19.1. The topological polar surface area (TPSA) is 127 Å². The average Bonchev–Trinajstić information content (AvgIpc) is 3.41. The van der Waals surface area contributed by atoms with Gasteiger partial charge in [0.1, 0.15) is 24.4 Å². The molecule has 0 bridgehead atoms. The normalized spacial score (nSPS) is 48.0. The Bertz CT molecular complexity index is 840. The minimum Gasteiger partial charge on any atom is -0.348 e. The number of rotatable bonds is 4. The number of hydrogen-bond acceptors (Lipinski definition) is 11. The maximum atomic E-state index is 12.8. The van der Waals surface area contributed by atoms with E-state index in [0.717, 1.165) is 0 Å². The van der Waals surface area contributed by atoms with Gasteiger partial charge in [0.2, 0.25) is 0 Å². The maximum absolute atomic E-state index is 12.8. The summed E-state index contributed by atoms with van der Waals surface area (Å²) in [6.45, 7) is 10.8. The Morgan fingerprint density at radius 3 is 2.22 bits per heavy atom. The van der Waals surface area contributed by atoms with E-state index < -0.39 is 66.0 Å². The predicted molar refractivity (Wildman–Crippen MR) is 104 cm³/mol. The molecule has 1 unspecified atom stereocenters. The van der Waals surface area contributed by atoms with E-state index in [2.05, 4.69) is 11.4 Å². The molecule has 0 aromatic heterocycles. The van der Waals surface area contributed by atoms with Crippen LogP contribution in [0.2, 0.25) is 0 Å². The number of nitrogens with zero attached hydrogens (tertiary/aromatic N) is 1. The van der Waals surface area contributed by atoms with Gasteiger partial charge in [-0.15, -0.1) is 0 Å². The third kappa shape index (κ3) is 3.58. The number of carbonyl (C=O) groups is 1. The molecule has 5 aliphatic rings. The van der Waals surface area contributed by atoms with Crippen LogP contribution in [0.1, 0.15) is 41.5 Å². The van der Waals surface area contributed by atoms with E-state index >= 15 is 0 Å². The van der Waals surface area contributed by atoms with Gasteiger partial charge in [0, 0.05) is 6.54 Å². The molecular formula is C21H30N2O9. The zero-order chi connectivity index (χ0) is 23.1. The highest BCUT2D eigenvalue weighted by Gasteiger charge is 2.67. The minimum atomic E-state index is -1.37. The lowest BCUT2D eigenvalue weighted by molar-refractivity contribution is -0.228. The molecule has 11 nitrogen and oxygen atoms in total. The van der Waals surface area contributed by atoms with Crippen LogP contribution >= 0.6 is 0 Å². The van der Waals surface area contributed by atoms with Crippen LogP contribution in [0.25, 0.3) is 0 Å². The van der Waals surface area contributed by atoms with E-state index in [1.807, 2.05) is 0 Å². The smallest absolute Gasteiger partial charge is 0.196 e. The van der Waals surface area contributed by atoms with E-state index in [1.54, 1.807) is 41.5 Å². The van der Waals surface area contributed by atoms with Crippen LogP contribution in [-0.4, -0.2) is 84.9 Å². The van der Waals surface area contributed by atoms with Gasteiger partial charge >= 0.3 is 0 Å². The average molecular weight is 454 g/mol. The van der Waals surface area contributed by atoms with Crippen molar-refractivity contribution in [3.63, 3.8) is 0 Å². The Kier molecular flexibility index (Phi) is 5.05. The fourth-order valence-corrected chi connectivity index (χ4v) is 5.01. The molecule has 178 valence electrons. The van der Waals surface area contributed by atoms with Crippen LogP contribution in [0.5, 0.6) is 0 Å². The number of fused-ring (bicyclic) bond motifs is 2. The van der Waals surface area contributed by atoms with Crippen molar-refractivity contribution in [1.29, 1.82) is 5.26 Å². The Hall–Kier alpha value is -1.20. The molecular weight excluding hydrogens is 424 g/mol. The fraction of sp³-hybridized carbons (Fsp3) is 0.905. The lowest BCUT2D eigenvalue weighted by atomic mass is 9.86. The van der Waals surface area contributed by atoms with Crippen LogP contribution < -0.4 is 5.32 Å². The van der Waals surface area contributed by atoms with Gasteiger partial charge in [0.15, 0.2) is 47.4 Å². The first-order valence-electron chi connectivity index (χ1n) is 10.9. The van der Waals surface area contributed by atoms with Gasteiger partial charge in [-0.05, 0) is 41.5 Å². The first-order valence-corrected chi connectivity index (χ1v) is 10.9. The summed E-state index contributed by atoms with van der Waals surface area (Å²) in [5, 5.41) is 13.6. The van der Waals surface area contributed by atoms with E-state index in [4.69, 9.17) is 37.9 Å². The van der Waals surface area contributed by atoms with Gasteiger partial charge in [0.05, 0.1) is 12.7 Å². The summed E-state index contributed by atoms with van der Waals surface area (Å²) >= 11 is 0. The quantitative estimate of drug-likeness (QED) is 0.630. The molecule has 5 fully saturated rings. The number of nitriles is 1. The predicted octanol–water partition coefficient (Wildman–Crippen LogP) is 0.312. The molecule has 0 amide bonds. The molecule has 0 aliphatic carbocycles. The molecule has 0 saturated carbocycles. The summed E-state index contributed by atoms with van der Waals surface area (Å²) in [7, 11) is 0. The number of Topliss-reactive ketones (excluding diaryl/α,β-unsaturated/α-hetero) is 1. The molecule has 0 radical (unpaired) electrons. The second kappa shape index (κ2) is 7.15. The van der Waals surface area contributed by atoms with Crippen LogP contribution in [-0.2, 0) is 42.7 Å². The molecule has 5 heterocycles. The largest absolute Gasteiger partial charge is 0.348 e. The lowest BCUT2D eigenvalue weighted by Gasteiger charge is -2.36. The molecule has 0 spiro atoms.